The molecule has 0 atom stereocenters. The summed E-state index contributed by atoms with van der Waals surface area (Å²) in [5.41, 5.74) is 0.715. The smallest absolute Gasteiger partial charge is 0.347 e. The monoisotopic (exact) mass is 403 g/mol. The van der Waals surface area contributed by atoms with Crippen molar-refractivity contribution in [1.82, 2.24) is 25.1 Å². The summed E-state index contributed by atoms with van der Waals surface area (Å²) in [5, 5.41) is 7.82. The Morgan fingerprint density at radius 1 is 1.24 bits per heavy atom. The van der Waals surface area contributed by atoms with Gasteiger partial charge in [0.2, 0.25) is 5.65 Å². The zero-order chi connectivity index (χ0) is 17.3. The summed E-state index contributed by atoms with van der Waals surface area (Å²) in [6.07, 6.45) is 4.24. The molecule has 4 heterocycles. The molecule has 3 aromatic rings. The van der Waals surface area contributed by atoms with Crippen LogP contribution in [0.1, 0.15) is 18.5 Å². The molecule has 128 valence electrons. The van der Waals surface area contributed by atoms with Gasteiger partial charge in [-0.3, -0.25) is 4.98 Å². The maximum absolute atomic E-state index is 13.1. The first-order chi connectivity index (χ1) is 12.2. The highest BCUT2D eigenvalue weighted by Gasteiger charge is 2.45. The number of pyridine rings is 2. The summed E-state index contributed by atoms with van der Waals surface area (Å²) >= 11 is 3.37. The van der Waals surface area contributed by atoms with Gasteiger partial charge in [-0.15, -0.1) is 5.10 Å². The molecule has 0 unspecified atom stereocenters. The molecule has 4 rings (SSSR count). The molecule has 9 heteroatoms. The van der Waals surface area contributed by atoms with Crippen LogP contribution in [0.3, 0.4) is 0 Å². The van der Waals surface area contributed by atoms with E-state index in [0.717, 1.165) is 9.32 Å². The number of rotatable bonds is 3. The van der Waals surface area contributed by atoms with Crippen molar-refractivity contribution in [3.05, 3.63) is 46.8 Å². The van der Waals surface area contributed by atoms with Gasteiger partial charge in [0.25, 0.3) is 0 Å². The second-order valence-electron chi connectivity index (χ2n) is 5.74. The largest absolute Gasteiger partial charge is 0.381 e. The van der Waals surface area contributed by atoms with Crippen molar-refractivity contribution in [3.8, 4) is 0 Å². The third-order valence-electron chi connectivity index (χ3n) is 4.31. The van der Waals surface area contributed by atoms with Gasteiger partial charge in [0.05, 0.1) is 5.69 Å². The molecule has 0 aromatic carbocycles. The Bertz CT molecular complexity index is 906. The molecule has 8 nitrogen and oxygen atoms in total. The minimum atomic E-state index is -0.883. The van der Waals surface area contributed by atoms with Gasteiger partial charge in [-0.25, -0.2) is 9.78 Å². The Morgan fingerprint density at radius 2 is 2.08 bits per heavy atom. The second-order valence-corrected chi connectivity index (χ2v) is 6.66. The van der Waals surface area contributed by atoms with E-state index in [0.29, 0.717) is 42.9 Å². The van der Waals surface area contributed by atoms with E-state index in [1.807, 2.05) is 12.1 Å². The zero-order valence-corrected chi connectivity index (χ0v) is 14.7. The standard InChI is InChI=1S/C16H14BrN5O3/c17-11-3-4-13(19-10-11)16(5-8-24-9-6-16)15(23)25-22-14-12(20-21-22)2-1-7-18-14/h1-4,7,10H,5-6,8-9H2. The minimum Gasteiger partial charge on any atom is -0.381 e. The maximum atomic E-state index is 13.1. The third kappa shape index (κ3) is 2.89. The highest BCUT2D eigenvalue weighted by Crippen LogP contribution is 2.35. The van der Waals surface area contributed by atoms with Gasteiger partial charge in [0.1, 0.15) is 10.9 Å². The molecular weight excluding hydrogens is 390 g/mol. The van der Waals surface area contributed by atoms with Crippen LogP contribution < -0.4 is 4.84 Å². The Balaban J connectivity index is 1.69. The van der Waals surface area contributed by atoms with Gasteiger partial charge in [0.15, 0.2) is 0 Å². The maximum Gasteiger partial charge on any atom is 0.347 e. The van der Waals surface area contributed by atoms with E-state index in [4.69, 9.17) is 9.57 Å². The number of carbonyl (C=O) groups excluding carboxylic acids is 1. The van der Waals surface area contributed by atoms with Crippen LogP contribution in [0.2, 0.25) is 0 Å². The number of hydrogen-bond acceptors (Lipinski definition) is 7. The molecule has 0 aliphatic carbocycles. The van der Waals surface area contributed by atoms with Crippen molar-refractivity contribution in [2.75, 3.05) is 13.2 Å². The SMILES string of the molecule is O=C(On1nnc2cccnc21)C1(c2ccc(Br)cn2)CCOCC1. The summed E-state index contributed by atoms with van der Waals surface area (Å²) < 4.78 is 6.28. The lowest BCUT2D eigenvalue weighted by atomic mass is 9.77. The predicted molar refractivity (Wildman–Crippen MR) is 90.6 cm³/mol. The van der Waals surface area contributed by atoms with Crippen molar-refractivity contribution in [1.29, 1.82) is 0 Å². The number of hydrogen-bond donors (Lipinski definition) is 0. The van der Waals surface area contributed by atoms with E-state index < -0.39 is 11.4 Å². The zero-order valence-electron chi connectivity index (χ0n) is 13.1. The minimum absolute atomic E-state index is 0.391. The predicted octanol–water partition coefficient (Wildman–Crippen LogP) is 1.69. The van der Waals surface area contributed by atoms with E-state index in [-0.39, 0.29) is 0 Å². The van der Waals surface area contributed by atoms with Crippen molar-refractivity contribution in [2.45, 2.75) is 18.3 Å². The van der Waals surface area contributed by atoms with Gasteiger partial charge in [-0.2, -0.15) is 0 Å². The van der Waals surface area contributed by atoms with Crippen molar-refractivity contribution in [2.24, 2.45) is 0 Å². The second kappa shape index (κ2) is 6.49. The van der Waals surface area contributed by atoms with Gasteiger partial charge in [0, 0.05) is 30.1 Å². The Labute approximate surface area is 151 Å². The molecule has 3 aromatic heterocycles. The molecule has 0 radical (unpaired) electrons. The first-order valence-electron chi connectivity index (χ1n) is 7.78. The van der Waals surface area contributed by atoms with Crippen LogP contribution in [0, 0.1) is 0 Å². The molecule has 1 aliphatic heterocycles. The molecule has 0 bridgehead atoms. The van der Waals surface area contributed by atoms with Crippen LogP contribution >= 0.6 is 15.9 Å². The van der Waals surface area contributed by atoms with Gasteiger partial charge in [-0.1, -0.05) is 0 Å². The summed E-state index contributed by atoms with van der Waals surface area (Å²) in [7, 11) is 0. The van der Waals surface area contributed by atoms with E-state index in [9.17, 15) is 4.79 Å². The average Bonchev–Trinajstić information content (AvgIpc) is 3.06. The number of halogens is 1. The summed E-state index contributed by atoms with van der Waals surface area (Å²) in [6.45, 7) is 0.923. The Hall–Kier alpha value is -2.39. The highest BCUT2D eigenvalue weighted by atomic mass is 79.9. The van der Waals surface area contributed by atoms with Crippen molar-refractivity contribution >= 4 is 33.1 Å². The Morgan fingerprint density at radius 3 is 2.84 bits per heavy atom. The van der Waals surface area contributed by atoms with Crippen molar-refractivity contribution in [3.63, 3.8) is 0 Å². The lowest BCUT2D eigenvalue weighted by molar-refractivity contribution is -0.156. The molecule has 0 amide bonds. The van der Waals surface area contributed by atoms with E-state index in [1.165, 1.54) is 0 Å². The fourth-order valence-electron chi connectivity index (χ4n) is 2.92. The third-order valence-corrected chi connectivity index (χ3v) is 4.77. The van der Waals surface area contributed by atoms with E-state index in [2.05, 4.69) is 36.2 Å². The van der Waals surface area contributed by atoms with Crippen LogP contribution in [0.4, 0.5) is 0 Å². The molecule has 0 spiro atoms. The molecule has 0 saturated carbocycles. The van der Waals surface area contributed by atoms with Crippen molar-refractivity contribution < 1.29 is 14.4 Å². The van der Waals surface area contributed by atoms with Crippen LogP contribution in [0.15, 0.2) is 41.1 Å². The number of fused-ring (bicyclic) bond motifs is 1. The Kier molecular flexibility index (Phi) is 4.18. The number of carbonyl (C=O) groups is 1. The summed E-state index contributed by atoms with van der Waals surface area (Å²) in [5.74, 6) is -0.442. The quantitative estimate of drug-likeness (QED) is 0.614. The lowest BCUT2D eigenvalue weighted by Gasteiger charge is -2.33. The fraction of sp³-hybridized carbons (Fsp3) is 0.312. The molecule has 1 fully saturated rings. The first-order valence-corrected chi connectivity index (χ1v) is 8.57. The fourth-order valence-corrected chi connectivity index (χ4v) is 3.15. The normalized spacial score (nSPS) is 16.7. The number of ether oxygens (including phenoxy) is 1. The average molecular weight is 404 g/mol. The van der Waals surface area contributed by atoms with Crippen LogP contribution in [0.5, 0.6) is 0 Å². The lowest BCUT2D eigenvalue weighted by Crippen LogP contribution is -2.46. The van der Waals surface area contributed by atoms with E-state index >= 15 is 0 Å². The summed E-state index contributed by atoms with van der Waals surface area (Å²) in [6, 6.07) is 7.18. The molecular formula is C16H14BrN5O3. The van der Waals surface area contributed by atoms with Gasteiger partial charge < -0.3 is 9.57 Å². The first kappa shape index (κ1) is 16.1. The van der Waals surface area contributed by atoms with E-state index in [1.54, 1.807) is 24.5 Å². The van der Waals surface area contributed by atoms with Crippen LogP contribution in [0.25, 0.3) is 11.2 Å². The highest BCUT2D eigenvalue weighted by molar-refractivity contribution is 9.10. The summed E-state index contributed by atoms with van der Waals surface area (Å²) in [4.78, 5) is 28.2. The molecule has 1 saturated heterocycles. The molecule has 1 aliphatic rings. The van der Waals surface area contributed by atoms with Crippen LogP contribution in [-0.4, -0.2) is 44.3 Å². The number of nitrogens with zero attached hydrogens (tertiary/aromatic N) is 5. The van der Waals surface area contributed by atoms with Crippen LogP contribution in [-0.2, 0) is 14.9 Å². The van der Waals surface area contributed by atoms with Gasteiger partial charge >= 0.3 is 5.97 Å². The molecule has 0 N–H and O–H groups in total. The topological polar surface area (TPSA) is 92.0 Å². The van der Waals surface area contributed by atoms with Gasteiger partial charge in [-0.05, 0) is 63.1 Å². The number of aromatic nitrogens is 5. The molecule has 25 heavy (non-hydrogen) atoms.